The third-order valence-corrected chi connectivity index (χ3v) is 2.57. The van der Waals surface area contributed by atoms with E-state index in [2.05, 4.69) is 5.10 Å². The Kier molecular flexibility index (Phi) is 4.39. The fourth-order valence-electron chi connectivity index (χ4n) is 1.59. The van der Waals surface area contributed by atoms with Crippen LogP contribution in [-0.4, -0.2) is 47.4 Å². The molecule has 0 aliphatic carbocycles. The van der Waals surface area contributed by atoms with Crippen molar-refractivity contribution in [2.75, 3.05) is 6.54 Å². The second kappa shape index (κ2) is 5.24. The molecule has 0 aromatic rings. The fraction of sp³-hybridized carbons (Fsp3) is 0.889. The smallest absolute Gasteiger partial charge is 0.264 e. The summed E-state index contributed by atoms with van der Waals surface area (Å²) in [6, 6.07) is -5.66. The quantitative estimate of drug-likeness (QED) is 0.585. The lowest BCUT2D eigenvalue weighted by Gasteiger charge is -2.36. The van der Waals surface area contributed by atoms with E-state index in [1.54, 1.807) is 6.92 Å². The molecular formula is C9H11F8N3. The summed E-state index contributed by atoms with van der Waals surface area (Å²) in [6.45, 7) is 1.26. The lowest BCUT2D eigenvalue weighted by molar-refractivity contribution is -0.352. The molecule has 0 aromatic heterocycles. The number of nitrogens with zero attached hydrogens (tertiary/aromatic N) is 3. The second-order valence-electron chi connectivity index (χ2n) is 4.11. The Morgan fingerprint density at radius 1 is 1.05 bits per heavy atom. The van der Waals surface area contributed by atoms with Crippen molar-refractivity contribution < 1.29 is 35.1 Å². The molecule has 1 unspecified atom stereocenters. The maximum atomic E-state index is 13.1. The van der Waals surface area contributed by atoms with Gasteiger partial charge in [0.2, 0.25) is 6.17 Å². The van der Waals surface area contributed by atoms with Gasteiger partial charge in [0.15, 0.2) is 0 Å². The average molecular weight is 313 g/mol. The third-order valence-electron chi connectivity index (χ3n) is 2.57. The molecular weight excluding hydrogens is 302 g/mol. The van der Waals surface area contributed by atoms with E-state index in [-0.39, 0.29) is 24.3 Å². The van der Waals surface area contributed by atoms with Crippen molar-refractivity contribution in [2.24, 2.45) is 5.10 Å². The van der Waals surface area contributed by atoms with Gasteiger partial charge in [0, 0.05) is 6.54 Å². The van der Waals surface area contributed by atoms with Gasteiger partial charge < -0.3 is 0 Å². The zero-order chi connectivity index (χ0) is 15.8. The molecule has 1 atom stereocenters. The number of alkyl halides is 8. The van der Waals surface area contributed by atoms with Crippen LogP contribution in [0.15, 0.2) is 5.10 Å². The van der Waals surface area contributed by atoms with E-state index in [1.165, 1.54) is 0 Å². The molecule has 0 bridgehead atoms. The molecule has 1 aliphatic heterocycles. The van der Waals surface area contributed by atoms with E-state index in [0.29, 0.717) is 6.42 Å². The topological polar surface area (TPSA) is 18.8 Å². The van der Waals surface area contributed by atoms with Crippen molar-refractivity contribution in [2.45, 2.75) is 44.3 Å². The largest absolute Gasteiger partial charge is 0.475 e. The van der Waals surface area contributed by atoms with Crippen LogP contribution in [0.2, 0.25) is 0 Å². The summed E-state index contributed by atoms with van der Waals surface area (Å²) >= 11 is 0. The van der Waals surface area contributed by atoms with Gasteiger partial charge in [-0.15, -0.1) is 0 Å². The minimum Gasteiger partial charge on any atom is -0.264 e. The van der Waals surface area contributed by atoms with Crippen LogP contribution in [0.5, 0.6) is 0 Å². The maximum absolute atomic E-state index is 13.1. The normalized spacial score (nSPS) is 20.9. The van der Waals surface area contributed by atoms with Crippen LogP contribution in [0.4, 0.5) is 35.1 Å². The number of hydrogen-bond acceptors (Lipinski definition) is 3. The fourth-order valence-corrected chi connectivity index (χ4v) is 1.59. The minimum absolute atomic E-state index is 0.124. The Hall–Kier alpha value is -1.29. The number of hydrazone groups is 1. The van der Waals surface area contributed by atoms with Crippen molar-refractivity contribution >= 4 is 6.34 Å². The van der Waals surface area contributed by atoms with E-state index >= 15 is 0 Å². The van der Waals surface area contributed by atoms with Gasteiger partial charge in [0.1, 0.15) is 6.34 Å². The summed E-state index contributed by atoms with van der Waals surface area (Å²) in [5.74, 6) is 0. The van der Waals surface area contributed by atoms with E-state index in [9.17, 15) is 35.1 Å². The maximum Gasteiger partial charge on any atom is 0.475 e. The highest BCUT2D eigenvalue weighted by atomic mass is 19.4. The van der Waals surface area contributed by atoms with Crippen LogP contribution >= 0.6 is 0 Å². The van der Waals surface area contributed by atoms with Gasteiger partial charge in [-0.05, 0) is 6.42 Å². The van der Waals surface area contributed by atoms with E-state index in [1.807, 2.05) is 0 Å². The molecule has 0 radical (unpaired) electrons. The van der Waals surface area contributed by atoms with Crippen LogP contribution in [0.3, 0.4) is 0 Å². The first kappa shape index (κ1) is 16.8. The highest BCUT2D eigenvalue weighted by Crippen LogP contribution is 2.43. The lowest BCUT2D eigenvalue weighted by atomic mass is 10.3. The molecule has 1 rings (SSSR count). The number of unbranched alkanes of at least 4 members (excludes halogenated alkanes) is 1. The third kappa shape index (κ3) is 3.06. The Morgan fingerprint density at radius 3 is 2.00 bits per heavy atom. The molecule has 3 nitrogen and oxygen atoms in total. The molecule has 11 heteroatoms. The van der Waals surface area contributed by atoms with Crippen molar-refractivity contribution in [3.05, 3.63) is 0 Å². The molecule has 0 N–H and O–H groups in total. The molecule has 0 aromatic carbocycles. The van der Waals surface area contributed by atoms with Gasteiger partial charge >= 0.3 is 18.4 Å². The molecule has 118 valence electrons. The molecule has 0 amide bonds. The predicted molar refractivity (Wildman–Crippen MR) is 52.8 cm³/mol. The van der Waals surface area contributed by atoms with E-state index < -0.39 is 29.5 Å². The van der Waals surface area contributed by atoms with Gasteiger partial charge in [0.05, 0.1) is 0 Å². The average Bonchev–Trinajstić information content (AvgIpc) is 2.68. The minimum atomic E-state index is -6.14. The van der Waals surface area contributed by atoms with Crippen LogP contribution in [0.25, 0.3) is 0 Å². The van der Waals surface area contributed by atoms with Crippen molar-refractivity contribution in [3.63, 3.8) is 0 Å². The van der Waals surface area contributed by atoms with Crippen molar-refractivity contribution in [3.8, 4) is 0 Å². The molecule has 1 aliphatic rings. The highest BCUT2D eigenvalue weighted by Gasteiger charge is 2.68. The van der Waals surface area contributed by atoms with Gasteiger partial charge in [-0.2, -0.15) is 40.2 Å². The monoisotopic (exact) mass is 313 g/mol. The molecule has 1 heterocycles. The molecule has 0 spiro atoms. The molecule has 20 heavy (non-hydrogen) atoms. The van der Waals surface area contributed by atoms with Gasteiger partial charge in [0.25, 0.3) is 0 Å². The molecule has 0 saturated carbocycles. The van der Waals surface area contributed by atoms with Crippen molar-refractivity contribution in [1.82, 2.24) is 9.91 Å². The van der Waals surface area contributed by atoms with Crippen LogP contribution in [0, 0.1) is 0 Å². The van der Waals surface area contributed by atoms with E-state index in [0.717, 1.165) is 0 Å². The first-order valence-electron chi connectivity index (χ1n) is 5.53. The summed E-state index contributed by atoms with van der Waals surface area (Å²) in [5, 5.41) is 3.20. The Balaban J connectivity index is 3.06. The standard InChI is InChI=1S/C9H11F8N3/c1-2-3-4-20-6(7(10,11)12)19(5-18-20)9(16,17)8(13,14)15/h5-6H,2-4H2,1H3. The Morgan fingerprint density at radius 2 is 1.60 bits per heavy atom. The summed E-state index contributed by atoms with van der Waals surface area (Å²) in [6.07, 6.45) is -14.1. The highest BCUT2D eigenvalue weighted by molar-refractivity contribution is 5.58. The first-order chi connectivity index (χ1) is 8.93. The number of rotatable bonds is 4. The predicted octanol–water partition coefficient (Wildman–Crippen LogP) is 3.39. The van der Waals surface area contributed by atoms with Gasteiger partial charge in [-0.3, -0.25) is 9.91 Å². The summed E-state index contributed by atoms with van der Waals surface area (Å²) in [7, 11) is 0. The number of hydrogen-bond donors (Lipinski definition) is 0. The Labute approximate surface area is 108 Å². The van der Waals surface area contributed by atoms with Gasteiger partial charge in [-0.1, -0.05) is 13.3 Å². The van der Waals surface area contributed by atoms with E-state index in [4.69, 9.17) is 0 Å². The summed E-state index contributed by atoms with van der Waals surface area (Å²) < 4.78 is 101. The second-order valence-corrected chi connectivity index (χ2v) is 4.11. The van der Waals surface area contributed by atoms with Crippen LogP contribution in [0.1, 0.15) is 19.8 Å². The number of halogens is 8. The van der Waals surface area contributed by atoms with Crippen LogP contribution in [-0.2, 0) is 0 Å². The molecule has 0 saturated heterocycles. The molecule has 0 fully saturated rings. The van der Waals surface area contributed by atoms with Crippen LogP contribution < -0.4 is 0 Å². The zero-order valence-corrected chi connectivity index (χ0v) is 10.1. The lowest BCUT2D eigenvalue weighted by Crippen LogP contribution is -2.61. The zero-order valence-electron chi connectivity index (χ0n) is 10.1. The SMILES string of the molecule is CCCCN1N=CN(C(F)(F)C(F)(F)F)C1C(F)(F)F. The van der Waals surface area contributed by atoms with Crippen molar-refractivity contribution in [1.29, 1.82) is 0 Å². The summed E-state index contributed by atoms with van der Waals surface area (Å²) in [5.41, 5.74) is 0. The van der Waals surface area contributed by atoms with Gasteiger partial charge in [-0.25, -0.2) is 0 Å². The summed E-state index contributed by atoms with van der Waals surface area (Å²) in [4.78, 5) is -1.11. The first-order valence-corrected chi connectivity index (χ1v) is 5.53. The Bertz CT molecular complexity index is 361.